The smallest absolute Gasteiger partial charge is 1.00 e. The second kappa shape index (κ2) is 18.1. The summed E-state index contributed by atoms with van der Waals surface area (Å²) in [5.41, 5.74) is 14.0. The average Bonchev–Trinajstić information content (AvgIpc) is 3.77. The summed E-state index contributed by atoms with van der Waals surface area (Å²) in [6, 6.07) is 65.2. The fourth-order valence-electron chi connectivity index (χ4n) is 8.41. The van der Waals surface area contributed by atoms with E-state index >= 15 is 0 Å². The molecule has 10 rings (SSSR count). The third-order valence-corrected chi connectivity index (χ3v) is 11.9. The van der Waals surface area contributed by atoms with Crippen LogP contribution in [0.2, 0.25) is 0 Å². The Labute approximate surface area is 359 Å². The molecule has 0 aliphatic heterocycles. The Morgan fingerprint density at radius 1 is 0.582 bits per heavy atom. The van der Waals surface area contributed by atoms with Crippen molar-refractivity contribution in [2.75, 3.05) is 0 Å². The quantitative estimate of drug-likeness (QED) is 0.115. The van der Waals surface area contributed by atoms with Crippen LogP contribution in [0.5, 0.6) is 0 Å². The average molecular weight is 842 g/mol. The van der Waals surface area contributed by atoms with Crippen molar-refractivity contribution < 1.29 is 51.0 Å². The van der Waals surface area contributed by atoms with Gasteiger partial charge in [0.05, 0.1) is 0 Å². The molecule has 2 aliphatic carbocycles. The van der Waals surface area contributed by atoms with Crippen molar-refractivity contribution in [3.05, 3.63) is 209 Å². The molecule has 1 atom stereocenters. The molecular weight excluding hydrogens is 803 g/mol. The van der Waals surface area contributed by atoms with Gasteiger partial charge in [-0.05, 0) is 73.8 Å². The minimum absolute atomic E-state index is 0. The number of allylic oxidation sites excluding steroid dienone is 1. The van der Waals surface area contributed by atoms with Crippen LogP contribution in [0, 0.1) is 6.07 Å². The predicted octanol–water partition coefficient (Wildman–Crippen LogP) is 5.71. The molecule has 0 nitrogen and oxygen atoms in total. The number of rotatable bonds is 6. The van der Waals surface area contributed by atoms with Crippen molar-refractivity contribution in [1.29, 1.82) is 0 Å². The second-order valence-electron chi connectivity index (χ2n) is 13.9. The molecule has 0 saturated carbocycles. The molecule has 0 heterocycles. The van der Waals surface area contributed by atoms with Gasteiger partial charge in [-0.1, -0.05) is 187 Å². The summed E-state index contributed by atoms with van der Waals surface area (Å²) in [4.78, 5) is 0. The SMILES string of the molecule is CCCC1=Cc2c(-c3cc4ccccc4c4ccccc34)cccc2C1c1[c-]ccc2c1Cc1ccccc1-2.[Cl-].[Cl-].[Zr+3].c1ccc([Si]c2ccccc2)cc1. The normalized spacial score (nSPS) is 13.2. The number of benzene rings is 8. The van der Waals surface area contributed by atoms with Crippen molar-refractivity contribution in [1.82, 2.24) is 0 Å². The third kappa shape index (κ3) is 7.89. The van der Waals surface area contributed by atoms with E-state index in [-0.39, 0.29) is 56.9 Å². The van der Waals surface area contributed by atoms with Gasteiger partial charge >= 0.3 is 26.2 Å². The Kier molecular flexibility index (Phi) is 13.3. The van der Waals surface area contributed by atoms with Gasteiger partial charge in [0, 0.05) is 5.92 Å². The molecule has 1 unspecified atom stereocenters. The number of halogens is 2. The largest absolute Gasteiger partial charge is 3.00 e. The van der Waals surface area contributed by atoms with Crippen LogP contribution >= 0.6 is 0 Å². The van der Waals surface area contributed by atoms with E-state index in [0.29, 0.717) is 0 Å². The van der Waals surface area contributed by atoms with Gasteiger partial charge in [0.15, 0.2) is 0 Å². The molecule has 8 aromatic rings. The second-order valence-corrected chi connectivity index (χ2v) is 15.3. The molecule has 4 heteroatoms. The molecule has 55 heavy (non-hydrogen) atoms. The van der Waals surface area contributed by atoms with Crippen LogP contribution in [0.3, 0.4) is 0 Å². The Balaban J connectivity index is 0.000000275. The summed E-state index contributed by atoms with van der Waals surface area (Å²) >= 11 is 0. The van der Waals surface area contributed by atoms with E-state index in [1.54, 1.807) is 0 Å². The fourth-order valence-corrected chi connectivity index (χ4v) is 9.46. The molecule has 2 aliphatic rings. The summed E-state index contributed by atoms with van der Waals surface area (Å²) in [5.74, 6) is 0.260. The number of hydrogen-bond acceptors (Lipinski definition) is 0. The Morgan fingerprint density at radius 3 is 1.93 bits per heavy atom. The van der Waals surface area contributed by atoms with Gasteiger partial charge in [0.25, 0.3) is 0 Å². The maximum absolute atomic E-state index is 3.75. The first-order chi connectivity index (χ1) is 25.8. The van der Waals surface area contributed by atoms with E-state index < -0.39 is 0 Å². The molecule has 0 amide bonds. The van der Waals surface area contributed by atoms with E-state index in [1.165, 1.54) is 87.6 Å². The van der Waals surface area contributed by atoms with Crippen LogP contribution in [-0.4, -0.2) is 9.52 Å². The van der Waals surface area contributed by atoms with Crippen molar-refractivity contribution in [3.63, 3.8) is 0 Å². The summed E-state index contributed by atoms with van der Waals surface area (Å²) in [5, 5.41) is 8.05. The molecule has 0 N–H and O–H groups in total. The molecule has 3 radical (unpaired) electrons. The topological polar surface area (TPSA) is 0 Å². The first-order valence-corrected chi connectivity index (χ1v) is 19.5. The fraction of sp³-hybridized carbons (Fsp3) is 0.0980. The Bertz CT molecular complexity index is 2560. The zero-order valence-corrected chi connectivity index (χ0v) is 35.7. The molecule has 0 aromatic heterocycles. The number of fused-ring (bicyclic) bond motifs is 7. The maximum atomic E-state index is 3.75. The summed E-state index contributed by atoms with van der Waals surface area (Å²) < 4.78 is 0. The molecule has 8 aromatic carbocycles. The van der Waals surface area contributed by atoms with E-state index in [4.69, 9.17) is 0 Å². The Morgan fingerprint density at radius 2 is 1.20 bits per heavy atom. The van der Waals surface area contributed by atoms with Crippen LogP contribution in [-0.2, 0) is 32.6 Å². The van der Waals surface area contributed by atoms with Gasteiger partial charge in [-0.25, -0.2) is 0 Å². The first-order valence-electron chi connectivity index (χ1n) is 18.5. The van der Waals surface area contributed by atoms with Gasteiger partial charge in [-0.3, -0.25) is 0 Å². The van der Waals surface area contributed by atoms with Crippen LogP contribution in [0.25, 0.3) is 49.9 Å². The zero-order chi connectivity index (χ0) is 34.9. The van der Waals surface area contributed by atoms with E-state index in [0.717, 1.165) is 28.8 Å². The van der Waals surface area contributed by atoms with Crippen molar-refractivity contribution >= 4 is 47.5 Å². The van der Waals surface area contributed by atoms with Gasteiger partial charge in [-0.2, -0.15) is 18.2 Å². The van der Waals surface area contributed by atoms with E-state index in [9.17, 15) is 0 Å². The molecule has 0 bridgehead atoms. The monoisotopic (exact) mass is 839 g/mol. The van der Waals surface area contributed by atoms with Crippen molar-refractivity contribution in [2.45, 2.75) is 32.1 Å². The van der Waals surface area contributed by atoms with Crippen LogP contribution in [0.1, 0.15) is 53.5 Å². The maximum Gasteiger partial charge on any atom is 3.00 e. The molecular formula is C51H39Cl2SiZr. The summed E-state index contributed by atoms with van der Waals surface area (Å²) in [6.45, 7) is 2.30. The van der Waals surface area contributed by atoms with Crippen molar-refractivity contribution in [3.8, 4) is 22.3 Å². The van der Waals surface area contributed by atoms with Gasteiger partial charge < -0.3 is 24.8 Å². The van der Waals surface area contributed by atoms with Gasteiger partial charge in [0.2, 0.25) is 0 Å². The summed E-state index contributed by atoms with van der Waals surface area (Å²) in [6.07, 6.45) is 5.75. The van der Waals surface area contributed by atoms with Crippen LogP contribution in [0.15, 0.2) is 175 Å². The third-order valence-electron chi connectivity index (χ3n) is 10.7. The predicted molar refractivity (Wildman–Crippen MR) is 223 cm³/mol. The van der Waals surface area contributed by atoms with Gasteiger partial charge in [-0.15, -0.1) is 16.7 Å². The van der Waals surface area contributed by atoms with Crippen molar-refractivity contribution in [2.24, 2.45) is 0 Å². The minimum atomic E-state index is 0. The molecule has 0 spiro atoms. The van der Waals surface area contributed by atoms with Gasteiger partial charge in [0.1, 0.15) is 9.52 Å². The van der Waals surface area contributed by atoms with Crippen LogP contribution < -0.4 is 35.2 Å². The molecule has 265 valence electrons. The standard InChI is InChI=1S/C39H29.C12H10Si.2ClH.Zr/c1-2-11-27-24-38-33(36-22-25-12-3-5-14-28(25)30-16-7-8-17-32(30)36)19-10-21-35(38)39(27)34-20-9-18-31-29-15-6-4-13-26(29)23-37(31)34;1-3-7-11(8-4-1)13-12-9-5-2-6-10-12;;;/h3-10,12-19,21-22,24,39H,2,11,23H2,1H3;1-10H;2*1H;/q-1;;;;+3/p-2. The van der Waals surface area contributed by atoms with Crippen LogP contribution in [0.4, 0.5) is 0 Å². The van der Waals surface area contributed by atoms with E-state index in [2.05, 4.69) is 189 Å². The molecule has 0 saturated heterocycles. The number of hydrogen-bond donors (Lipinski definition) is 0. The zero-order valence-electron chi connectivity index (χ0n) is 30.7. The summed E-state index contributed by atoms with van der Waals surface area (Å²) in [7, 11) is 0.777. The molecule has 0 fully saturated rings. The minimum Gasteiger partial charge on any atom is -1.00 e. The Hall–Kier alpha value is -4.30. The first kappa shape index (κ1) is 40.4. The van der Waals surface area contributed by atoms with E-state index in [1.807, 2.05) is 0 Å².